The number of carbonyl (C=O) groups excluding carboxylic acids is 1. The minimum absolute atomic E-state index is 0.215. The Morgan fingerprint density at radius 2 is 1.70 bits per heavy atom. The van der Waals surface area contributed by atoms with Gasteiger partial charge < -0.3 is 9.22 Å². The highest BCUT2D eigenvalue weighted by Gasteiger charge is 2.38. The van der Waals surface area contributed by atoms with E-state index in [2.05, 4.69) is 58.1 Å². The maximum absolute atomic E-state index is 10.9. The molecule has 0 N–H and O–H groups in total. The third-order valence-corrected chi connectivity index (χ3v) is 8.46. The van der Waals surface area contributed by atoms with Crippen molar-refractivity contribution in [3.63, 3.8) is 0 Å². The molecule has 0 unspecified atom stereocenters. The Morgan fingerprint density at radius 1 is 1.15 bits per heavy atom. The summed E-state index contributed by atoms with van der Waals surface area (Å²) in [6.45, 7) is 12.9. The molecule has 1 rings (SSSR count). The highest BCUT2D eigenvalue weighted by Crippen LogP contribution is 2.37. The molecule has 2 nitrogen and oxygen atoms in total. The molecule has 1 aromatic carbocycles. The lowest BCUT2D eigenvalue weighted by molar-refractivity contribution is -0.117. The van der Waals surface area contributed by atoms with Crippen LogP contribution in [0, 0.1) is 0 Å². The lowest BCUT2D eigenvalue weighted by Crippen LogP contribution is -2.43. The van der Waals surface area contributed by atoms with Gasteiger partial charge in [-0.05, 0) is 55.6 Å². The molecule has 0 saturated carbocycles. The zero-order valence-corrected chi connectivity index (χ0v) is 14.7. The SMILES string of the molecule is CC(=O)CCCc1ccc(O[Si](C)(C)C(C)(C)C)cc1. The van der Waals surface area contributed by atoms with E-state index in [4.69, 9.17) is 4.43 Å². The average Bonchev–Trinajstić information content (AvgIpc) is 2.29. The van der Waals surface area contributed by atoms with Gasteiger partial charge in [-0.2, -0.15) is 0 Å². The molecule has 0 fully saturated rings. The first kappa shape index (κ1) is 17.0. The second kappa shape index (κ2) is 6.57. The van der Waals surface area contributed by atoms with Gasteiger partial charge >= 0.3 is 0 Å². The van der Waals surface area contributed by atoms with Crippen LogP contribution in [-0.4, -0.2) is 14.1 Å². The van der Waals surface area contributed by atoms with Crippen molar-refractivity contribution < 1.29 is 9.22 Å². The molecule has 0 aliphatic carbocycles. The predicted octanol–water partition coefficient (Wildman–Crippen LogP) is 4.98. The summed E-state index contributed by atoms with van der Waals surface area (Å²) in [4.78, 5) is 10.9. The maximum Gasteiger partial charge on any atom is 0.250 e. The third-order valence-electron chi connectivity index (χ3n) is 4.10. The smallest absolute Gasteiger partial charge is 0.250 e. The number of Topliss-reactive ketones (excluding diaryl/α,β-unsaturated/α-hetero) is 1. The quantitative estimate of drug-likeness (QED) is 0.691. The van der Waals surface area contributed by atoms with Gasteiger partial charge in [0.1, 0.15) is 11.5 Å². The van der Waals surface area contributed by atoms with Crippen LogP contribution in [0.3, 0.4) is 0 Å². The van der Waals surface area contributed by atoms with E-state index in [1.165, 1.54) is 5.56 Å². The van der Waals surface area contributed by atoms with Crippen molar-refractivity contribution in [3.05, 3.63) is 29.8 Å². The molecular formula is C17H28O2Si. The van der Waals surface area contributed by atoms with Crippen LogP contribution in [0.1, 0.15) is 46.1 Å². The third kappa shape index (κ3) is 5.12. The molecule has 0 saturated heterocycles. The molecule has 0 amide bonds. The first-order valence-corrected chi connectivity index (χ1v) is 10.3. The molecule has 0 spiro atoms. The van der Waals surface area contributed by atoms with Gasteiger partial charge in [-0.3, -0.25) is 0 Å². The normalized spacial score (nSPS) is 12.3. The predicted molar refractivity (Wildman–Crippen MR) is 87.9 cm³/mol. The Morgan fingerprint density at radius 3 is 2.15 bits per heavy atom. The summed E-state index contributed by atoms with van der Waals surface area (Å²) < 4.78 is 6.25. The first-order chi connectivity index (χ1) is 9.12. The molecule has 0 heterocycles. The van der Waals surface area contributed by atoms with E-state index < -0.39 is 8.32 Å². The van der Waals surface area contributed by atoms with Gasteiger partial charge in [-0.25, -0.2) is 0 Å². The summed E-state index contributed by atoms with van der Waals surface area (Å²) in [5.74, 6) is 1.23. The fraction of sp³-hybridized carbons (Fsp3) is 0.588. The topological polar surface area (TPSA) is 26.3 Å². The number of benzene rings is 1. The van der Waals surface area contributed by atoms with E-state index in [0.717, 1.165) is 18.6 Å². The van der Waals surface area contributed by atoms with Crippen molar-refractivity contribution in [2.24, 2.45) is 0 Å². The van der Waals surface area contributed by atoms with Gasteiger partial charge in [0.2, 0.25) is 8.32 Å². The van der Waals surface area contributed by atoms with Gasteiger partial charge in [-0.15, -0.1) is 0 Å². The minimum Gasteiger partial charge on any atom is -0.544 e. The maximum atomic E-state index is 10.9. The van der Waals surface area contributed by atoms with E-state index in [1.807, 2.05) is 0 Å². The molecule has 0 aliphatic rings. The van der Waals surface area contributed by atoms with Gasteiger partial charge in [0, 0.05) is 6.42 Å². The Balaban J connectivity index is 2.61. The number of ketones is 1. The van der Waals surface area contributed by atoms with Gasteiger partial charge in [-0.1, -0.05) is 32.9 Å². The van der Waals surface area contributed by atoms with E-state index >= 15 is 0 Å². The second-order valence-electron chi connectivity index (χ2n) is 7.06. The summed E-state index contributed by atoms with van der Waals surface area (Å²) in [7, 11) is -1.75. The number of hydrogen-bond acceptors (Lipinski definition) is 2. The number of aryl methyl sites for hydroxylation is 1. The zero-order valence-electron chi connectivity index (χ0n) is 13.7. The Labute approximate surface area is 124 Å². The van der Waals surface area contributed by atoms with E-state index in [0.29, 0.717) is 6.42 Å². The van der Waals surface area contributed by atoms with Crippen LogP contribution in [0.4, 0.5) is 0 Å². The summed E-state index contributed by atoms with van der Waals surface area (Å²) >= 11 is 0. The number of carbonyl (C=O) groups is 1. The van der Waals surface area contributed by atoms with Crippen LogP contribution >= 0.6 is 0 Å². The number of hydrogen-bond donors (Lipinski definition) is 0. The van der Waals surface area contributed by atoms with Crippen LogP contribution < -0.4 is 4.43 Å². The highest BCUT2D eigenvalue weighted by molar-refractivity contribution is 6.74. The summed E-state index contributed by atoms with van der Waals surface area (Å²) in [6.07, 6.45) is 2.56. The Hall–Kier alpha value is -1.09. The molecule has 1 aromatic rings. The summed E-state index contributed by atoms with van der Waals surface area (Å²) in [5, 5.41) is 0.215. The van der Waals surface area contributed by atoms with Crippen LogP contribution in [0.2, 0.25) is 18.1 Å². The Kier molecular flexibility index (Phi) is 5.57. The molecule has 0 radical (unpaired) electrons. The van der Waals surface area contributed by atoms with Crippen molar-refractivity contribution >= 4 is 14.1 Å². The van der Waals surface area contributed by atoms with Crippen molar-refractivity contribution in [3.8, 4) is 5.75 Å². The molecular weight excluding hydrogens is 264 g/mol. The van der Waals surface area contributed by atoms with Gasteiger partial charge in [0.05, 0.1) is 0 Å². The van der Waals surface area contributed by atoms with Gasteiger partial charge in [0.15, 0.2) is 0 Å². The molecule has 20 heavy (non-hydrogen) atoms. The molecule has 0 atom stereocenters. The number of rotatable bonds is 6. The molecule has 0 bridgehead atoms. The van der Waals surface area contributed by atoms with Crippen molar-refractivity contribution in [2.45, 2.75) is 65.1 Å². The van der Waals surface area contributed by atoms with Crippen molar-refractivity contribution in [1.29, 1.82) is 0 Å². The lowest BCUT2D eigenvalue weighted by Gasteiger charge is -2.36. The van der Waals surface area contributed by atoms with Crippen molar-refractivity contribution in [1.82, 2.24) is 0 Å². The van der Waals surface area contributed by atoms with Crippen LogP contribution in [0.15, 0.2) is 24.3 Å². The molecule has 112 valence electrons. The van der Waals surface area contributed by atoms with E-state index in [-0.39, 0.29) is 10.8 Å². The zero-order chi connectivity index (χ0) is 15.4. The average molecular weight is 292 g/mol. The lowest BCUT2D eigenvalue weighted by atomic mass is 10.1. The largest absolute Gasteiger partial charge is 0.544 e. The first-order valence-electron chi connectivity index (χ1n) is 7.39. The summed E-state index contributed by atoms with van der Waals surface area (Å²) in [6, 6.07) is 8.35. The fourth-order valence-electron chi connectivity index (χ4n) is 1.71. The van der Waals surface area contributed by atoms with E-state index in [1.54, 1.807) is 6.92 Å². The highest BCUT2D eigenvalue weighted by atomic mass is 28.4. The molecule has 0 aliphatic heterocycles. The second-order valence-corrected chi connectivity index (χ2v) is 11.8. The van der Waals surface area contributed by atoms with Crippen molar-refractivity contribution in [2.75, 3.05) is 0 Å². The minimum atomic E-state index is -1.75. The summed E-state index contributed by atoms with van der Waals surface area (Å²) in [5.41, 5.74) is 1.27. The standard InChI is InChI=1S/C17H28O2Si/c1-14(18)8-7-9-15-10-12-16(13-11-15)19-20(5,6)17(2,3)4/h10-13H,7-9H2,1-6H3. The monoisotopic (exact) mass is 292 g/mol. The Bertz CT molecular complexity index is 441. The van der Waals surface area contributed by atoms with Crippen LogP contribution in [0.25, 0.3) is 0 Å². The van der Waals surface area contributed by atoms with Crippen LogP contribution in [-0.2, 0) is 11.2 Å². The molecule has 0 aromatic heterocycles. The van der Waals surface area contributed by atoms with Gasteiger partial charge in [0.25, 0.3) is 0 Å². The fourth-order valence-corrected chi connectivity index (χ4v) is 2.74. The van der Waals surface area contributed by atoms with Crippen LogP contribution in [0.5, 0.6) is 5.75 Å². The molecule has 3 heteroatoms. The van der Waals surface area contributed by atoms with E-state index in [9.17, 15) is 4.79 Å².